The highest BCUT2D eigenvalue weighted by molar-refractivity contribution is 5.90. The molecule has 0 aromatic heterocycles. The fourth-order valence-electron chi connectivity index (χ4n) is 1.58. The van der Waals surface area contributed by atoms with Gasteiger partial charge in [0.05, 0.1) is 16.1 Å². The molecule has 0 spiro atoms. The first-order valence-electron chi connectivity index (χ1n) is 5.99. The number of ether oxygens (including phenoxy) is 1. The fraction of sp³-hybridized carbons (Fsp3) is 0.462. The third-order valence-corrected chi connectivity index (χ3v) is 3.08. The van der Waals surface area contributed by atoms with Crippen molar-refractivity contribution >= 4 is 17.3 Å². The van der Waals surface area contributed by atoms with Crippen LogP contribution < -0.4 is 5.32 Å². The van der Waals surface area contributed by atoms with Crippen LogP contribution in [0.4, 0.5) is 11.4 Å². The molecule has 0 bridgehead atoms. The van der Waals surface area contributed by atoms with E-state index in [1.165, 1.54) is 6.07 Å². The van der Waals surface area contributed by atoms with Crippen molar-refractivity contribution in [1.29, 1.82) is 0 Å². The van der Waals surface area contributed by atoms with Gasteiger partial charge in [-0.05, 0) is 26.8 Å². The molecule has 0 amide bonds. The molecule has 0 aliphatic heterocycles. The Hall–Kier alpha value is -2.15. The van der Waals surface area contributed by atoms with Gasteiger partial charge in [0.15, 0.2) is 0 Å². The predicted octanol–water partition coefficient (Wildman–Crippen LogP) is 2.44. The van der Waals surface area contributed by atoms with Gasteiger partial charge in [-0.3, -0.25) is 10.1 Å². The van der Waals surface area contributed by atoms with Gasteiger partial charge in [0, 0.05) is 31.0 Å². The number of anilines is 1. The molecule has 0 aliphatic rings. The second-order valence-corrected chi connectivity index (χ2v) is 5.05. The molecular weight excluding hydrogens is 264 g/mol. The number of rotatable bonds is 6. The van der Waals surface area contributed by atoms with E-state index in [1.54, 1.807) is 14.0 Å². The summed E-state index contributed by atoms with van der Waals surface area (Å²) in [4.78, 5) is 21.4. The largest absolute Gasteiger partial charge is 0.478 e. The number of nitro benzene ring substituents is 1. The van der Waals surface area contributed by atoms with Crippen molar-refractivity contribution in [3.8, 4) is 0 Å². The SMILES string of the molecule is COC(C)(C)CNc1cc(C(=O)O)cc([N+](=O)[O-])c1C. The zero-order chi connectivity index (χ0) is 15.5. The van der Waals surface area contributed by atoms with Crippen molar-refractivity contribution in [1.82, 2.24) is 0 Å². The summed E-state index contributed by atoms with van der Waals surface area (Å²) in [5.41, 5.74) is -0.00301. The van der Waals surface area contributed by atoms with Crippen LogP contribution >= 0.6 is 0 Å². The van der Waals surface area contributed by atoms with Crippen molar-refractivity contribution in [2.75, 3.05) is 19.0 Å². The number of nitrogens with zero attached hydrogens (tertiary/aromatic N) is 1. The molecule has 0 saturated carbocycles. The lowest BCUT2D eigenvalue weighted by atomic mass is 10.1. The van der Waals surface area contributed by atoms with E-state index >= 15 is 0 Å². The second-order valence-electron chi connectivity index (χ2n) is 5.05. The molecule has 20 heavy (non-hydrogen) atoms. The molecular formula is C13H18N2O5. The Bertz CT molecular complexity index is 540. The van der Waals surface area contributed by atoms with Gasteiger partial charge in [0.1, 0.15) is 0 Å². The summed E-state index contributed by atoms with van der Waals surface area (Å²) in [6.45, 7) is 5.67. The molecule has 0 atom stereocenters. The minimum absolute atomic E-state index is 0.125. The van der Waals surface area contributed by atoms with E-state index in [0.717, 1.165) is 6.07 Å². The Morgan fingerprint density at radius 2 is 2.10 bits per heavy atom. The van der Waals surface area contributed by atoms with Crippen molar-refractivity contribution in [2.24, 2.45) is 0 Å². The quantitative estimate of drug-likeness (QED) is 0.613. The summed E-state index contributed by atoms with van der Waals surface area (Å²) in [5, 5.41) is 23.0. The zero-order valence-corrected chi connectivity index (χ0v) is 11.9. The number of carboxylic acid groups (broad SMARTS) is 1. The van der Waals surface area contributed by atoms with Gasteiger partial charge in [-0.1, -0.05) is 0 Å². The third kappa shape index (κ3) is 3.67. The average molecular weight is 282 g/mol. The van der Waals surface area contributed by atoms with Crippen LogP contribution in [-0.2, 0) is 4.74 Å². The topological polar surface area (TPSA) is 102 Å². The van der Waals surface area contributed by atoms with Crippen molar-refractivity contribution in [3.63, 3.8) is 0 Å². The number of nitrogens with one attached hydrogen (secondary N) is 1. The molecule has 0 fully saturated rings. The van der Waals surface area contributed by atoms with Crippen LogP contribution in [0.25, 0.3) is 0 Å². The molecule has 0 unspecified atom stereocenters. The third-order valence-electron chi connectivity index (χ3n) is 3.08. The highest BCUT2D eigenvalue weighted by Crippen LogP contribution is 2.28. The van der Waals surface area contributed by atoms with Crippen LogP contribution in [0.2, 0.25) is 0 Å². The Balaban J connectivity index is 3.18. The number of benzene rings is 1. The van der Waals surface area contributed by atoms with E-state index in [9.17, 15) is 14.9 Å². The maximum absolute atomic E-state index is 11.0. The Kier molecular flexibility index (Phi) is 4.67. The Labute approximate surface area is 116 Å². The summed E-state index contributed by atoms with van der Waals surface area (Å²) in [6.07, 6.45) is 0. The van der Waals surface area contributed by atoms with Gasteiger partial charge in [0.2, 0.25) is 0 Å². The van der Waals surface area contributed by atoms with Gasteiger partial charge in [-0.2, -0.15) is 0 Å². The molecule has 1 aromatic rings. The molecule has 2 N–H and O–H groups in total. The number of aromatic carboxylic acids is 1. The van der Waals surface area contributed by atoms with E-state index in [4.69, 9.17) is 9.84 Å². The van der Waals surface area contributed by atoms with E-state index in [0.29, 0.717) is 17.8 Å². The number of methoxy groups -OCH3 is 1. The minimum Gasteiger partial charge on any atom is -0.478 e. The Morgan fingerprint density at radius 3 is 2.55 bits per heavy atom. The molecule has 0 aliphatic carbocycles. The van der Waals surface area contributed by atoms with Crippen LogP contribution in [0.5, 0.6) is 0 Å². The van der Waals surface area contributed by atoms with E-state index in [-0.39, 0.29) is 11.3 Å². The number of carboxylic acids is 1. The van der Waals surface area contributed by atoms with E-state index in [2.05, 4.69) is 5.32 Å². The van der Waals surface area contributed by atoms with Crippen LogP contribution in [0.15, 0.2) is 12.1 Å². The first-order valence-corrected chi connectivity index (χ1v) is 5.99. The highest BCUT2D eigenvalue weighted by Gasteiger charge is 2.21. The van der Waals surface area contributed by atoms with Crippen molar-refractivity contribution < 1.29 is 19.6 Å². The maximum atomic E-state index is 11.0. The van der Waals surface area contributed by atoms with Gasteiger partial charge < -0.3 is 15.2 Å². The molecule has 0 radical (unpaired) electrons. The molecule has 1 aromatic carbocycles. The lowest BCUT2D eigenvalue weighted by Gasteiger charge is -2.24. The average Bonchev–Trinajstić information content (AvgIpc) is 2.36. The summed E-state index contributed by atoms with van der Waals surface area (Å²) in [5.74, 6) is -1.21. The van der Waals surface area contributed by atoms with Crippen LogP contribution in [0.1, 0.15) is 29.8 Å². The monoisotopic (exact) mass is 282 g/mol. The second kappa shape index (κ2) is 5.87. The molecule has 0 saturated heterocycles. The first-order chi connectivity index (χ1) is 9.18. The van der Waals surface area contributed by atoms with Crippen LogP contribution in [0.3, 0.4) is 0 Å². The maximum Gasteiger partial charge on any atom is 0.336 e. The molecule has 1 rings (SSSR count). The number of carbonyl (C=O) groups is 1. The summed E-state index contributed by atoms with van der Waals surface area (Å²) in [6, 6.07) is 2.45. The van der Waals surface area contributed by atoms with Crippen molar-refractivity contribution in [3.05, 3.63) is 33.4 Å². The van der Waals surface area contributed by atoms with Crippen LogP contribution in [-0.4, -0.2) is 35.3 Å². The molecule has 7 nitrogen and oxygen atoms in total. The summed E-state index contributed by atoms with van der Waals surface area (Å²) in [7, 11) is 1.56. The van der Waals surface area contributed by atoms with Gasteiger partial charge in [0.25, 0.3) is 5.69 Å². The lowest BCUT2D eigenvalue weighted by Crippen LogP contribution is -2.32. The lowest BCUT2D eigenvalue weighted by molar-refractivity contribution is -0.385. The predicted molar refractivity (Wildman–Crippen MR) is 74.4 cm³/mol. The number of hydrogen-bond acceptors (Lipinski definition) is 5. The van der Waals surface area contributed by atoms with Crippen LogP contribution in [0, 0.1) is 17.0 Å². The van der Waals surface area contributed by atoms with Gasteiger partial charge in [-0.15, -0.1) is 0 Å². The number of nitro groups is 1. The number of hydrogen-bond donors (Lipinski definition) is 2. The first kappa shape index (κ1) is 15.9. The zero-order valence-electron chi connectivity index (χ0n) is 11.9. The van der Waals surface area contributed by atoms with Gasteiger partial charge in [-0.25, -0.2) is 4.79 Å². The Morgan fingerprint density at radius 1 is 1.50 bits per heavy atom. The minimum atomic E-state index is -1.21. The van der Waals surface area contributed by atoms with E-state index in [1.807, 2.05) is 13.8 Å². The summed E-state index contributed by atoms with van der Waals surface area (Å²) >= 11 is 0. The standard InChI is InChI=1S/C13H18N2O5/c1-8-10(14-7-13(2,3)20-4)5-9(12(16)17)6-11(8)15(18)19/h5-6,14H,7H2,1-4H3,(H,16,17). The smallest absolute Gasteiger partial charge is 0.336 e. The molecule has 110 valence electrons. The highest BCUT2D eigenvalue weighted by atomic mass is 16.6. The van der Waals surface area contributed by atoms with Gasteiger partial charge >= 0.3 is 5.97 Å². The molecule has 7 heteroatoms. The van der Waals surface area contributed by atoms with Crippen molar-refractivity contribution in [2.45, 2.75) is 26.4 Å². The molecule has 0 heterocycles. The summed E-state index contributed by atoms with van der Waals surface area (Å²) < 4.78 is 5.24. The normalized spacial score (nSPS) is 11.2. The fourth-order valence-corrected chi connectivity index (χ4v) is 1.58. The van der Waals surface area contributed by atoms with E-state index < -0.39 is 16.5 Å².